The molecule has 1 aromatic carbocycles. The number of nitrogens with zero attached hydrogens (tertiary/aromatic N) is 7. The van der Waals surface area contributed by atoms with Crippen LogP contribution in [0.2, 0.25) is 0 Å². The Balaban J connectivity index is 1.34. The molecule has 9 nitrogen and oxygen atoms in total. The number of hydrogen-bond acceptors (Lipinski definition) is 7. The van der Waals surface area contributed by atoms with Crippen molar-refractivity contribution in [3.63, 3.8) is 0 Å². The second kappa shape index (κ2) is 10.6. The summed E-state index contributed by atoms with van der Waals surface area (Å²) in [5.74, 6) is -0.597. The Morgan fingerprint density at radius 2 is 1.69 bits per heavy atom. The Morgan fingerprint density at radius 1 is 0.974 bits per heavy atom. The Bertz CT molecular complexity index is 1470. The van der Waals surface area contributed by atoms with Gasteiger partial charge in [-0.3, -0.25) is 9.69 Å². The summed E-state index contributed by atoms with van der Waals surface area (Å²) in [5, 5.41) is 4.52. The minimum absolute atomic E-state index is 0.0105. The maximum Gasteiger partial charge on any atom is 0.419 e. The van der Waals surface area contributed by atoms with Crippen molar-refractivity contribution in [1.29, 1.82) is 0 Å². The maximum absolute atomic E-state index is 13.3. The zero-order valence-electron chi connectivity index (χ0n) is 21.7. The summed E-state index contributed by atoms with van der Waals surface area (Å²) in [5.41, 5.74) is 7.43. The zero-order chi connectivity index (χ0) is 27.7. The van der Waals surface area contributed by atoms with Gasteiger partial charge in [0.15, 0.2) is 5.65 Å². The van der Waals surface area contributed by atoms with Crippen molar-refractivity contribution in [3.05, 3.63) is 66.0 Å². The highest BCUT2D eigenvalue weighted by molar-refractivity contribution is 5.94. The molecule has 0 saturated carbocycles. The summed E-state index contributed by atoms with van der Waals surface area (Å²) in [6, 6.07) is 11.4. The van der Waals surface area contributed by atoms with E-state index in [9.17, 15) is 18.0 Å². The smallest absolute Gasteiger partial charge is 0.383 e. The van der Waals surface area contributed by atoms with Crippen LogP contribution in [0.1, 0.15) is 15.9 Å². The number of anilines is 1. The van der Waals surface area contributed by atoms with Gasteiger partial charge < -0.3 is 15.5 Å². The molecular formula is C27H29F3N8O. The summed E-state index contributed by atoms with van der Waals surface area (Å²) < 4.78 is 41.5. The van der Waals surface area contributed by atoms with Crippen LogP contribution in [-0.4, -0.2) is 93.6 Å². The van der Waals surface area contributed by atoms with Crippen LogP contribution in [0, 0.1) is 0 Å². The largest absolute Gasteiger partial charge is 0.419 e. The van der Waals surface area contributed by atoms with Crippen molar-refractivity contribution in [2.45, 2.75) is 6.18 Å². The molecular weight excluding hydrogens is 509 g/mol. The molecule has 1 aliphatic heterocycles. The second-order valence-corrected chi connectivity index (χ2v) is 9.80. The third-order valence-electron chi connectivity index (χ3n) is 6.83. The van der Waals surface area contributed by atoms with Gasteiger partial charge in [0.25, 0.3) is 5.91 Å². The normalized spacial score (nSPS) is 14.9. The summed E-state index contributed by atoms with van der Waals surface area (Å²) in [4.78, 5) is 27.5. The number of imidazole rings is 1. The minimum Gasteiger partial charge on any atom is -0.383 e. The summed E-state index contributed by atoms with van der Waals surface area (Å²) in [7, 11) is 4.10. The molecule has 0 atom stereocenters. The highest BCUT2D eigenvalue weighted by Crippen LogP contribution is 2.35. The lowest BCUT2D eigenvalue weighted by atomic mass is 10.1. The molecule has 1 amide bonds. The van der Waals surface area contributed by atoms with Gasteiger partial charge >= 0.3 is 6.18 Å². The molecule has 0 unspecified atom stereocenters. The second-order valence-electron chi connectivity index (χ2n) is 9.80. The first-order valence-corrected chi connectivity index (χ1v) is 12.5. The molecule has 0 bridgehead atoms. The molecule has 12 heteroatoms. The summed E-state index contributed by atoms with van der Waals surface area (Å²) in [6.45, 7) is 5.04. The molecule has 5 rings (SSSR count). The van der Waals surface area contributed by atoms with E-state index in [1.807, 2.05) is 17.0 Å². The fourth-order valence-electron chi connectivity index (χ4n) is 4.55. The first-order chi connectivity index (χ1) is 18.6. The predicted molar refractivity (Wildman–Crippen MR) is 142 cm³/mol. The van der Waals surface area contributed by atoms with Gasteiger partial charge in [0.05, 0.1) is 23.1 Å². The van der Waals surface area contributed by atoms with Gasteiger partial charge in [-0.05, 0) is 44.4 Å². The van der Waals surface area contributed by atoms with Crippen LogP contribution in [0.25, 0.3) is 28.2 Å². The predicted octanol–water partition coefficient (Wildman–Crippen LogP) is 3.38. The number of carbonyl (C=O) groups is 1. The molecule has 39 heavy (non-hydrogen) atoms. The van der Waals surface area contributed by atoms with Gasteiger partial charge in [-0.15, -0.1) is 0 Å². The van der Waals surface area contributed by atoms with Crippen LogP contribution in [0.15, 0.2) is 54.9 Å². The molecule has 1 aliphatic rings. The number of likely N-dealkylation sites (N-methyl/N-ethyl adjacent to an activating group) is 1. The number of fused-ring (bicyclic) bond motifs is 1. The zero-order valence-corrected chi connectivity index (χ0v) is 21.7. The first-order valence-electron chi connectivity index (χ1n) is 12.5. The first kappa shape index (κ1) is 26.6. The number of amides is 1. The van der Waals surface area contributed by atoms with Crippen LogP contribution in [0.5, 0.6) is 0 Å². The van der Waals surface area contributed by atoms with Crippen molar-refractivity contribution in [1.82, 2.24) is 34.3 Å². The Kier molecular flexibility index (Phi) is 7.23. The highest BCUT2D eigenvalue weighted by atomic mass is 19.4. The van der Waals surface area contributed by atoms with Crippen molar-refractivity contribution in [2.24, 2.45) is 0 Å². The lowest BCUT2D eigenvalue weighted by Gasteiger charge is -2.35. The van der Waals surface area contributed by atoms with E-state index < -0.39 is 17.6 Å². The number of benzene rings is 1. The number of hydrogen-bond donors (Lipinski definition) is 1. The fourth-order valence-corrected chi connectivity index (χ4v) is 4.55. The van der Waals surface area contributed by atoms with Crippen molar-refractivity contribution >= 4 is 17.4 Å². The van der Waals surface area contributed by atoms with Gasteiger partial charge in [0, 0.05) is 62.2 Å². The van der Waals surface area contributed by atoms with E-state index in [-0.39, 0.29) is 17.2 Å². The lowest BCUT2D eigenvalue weighted by Crippen LogP contribution is -2.49. The molecule has 4 aromatic rings. The molecule has 0 spiro atoms. The third kappa shape index (κ3) is 5.71. The number of alkyl halides is 3. The van der Waals surface area contributed by atoms with Gasteiger partial charge in [0.2, 0.25) is 0 Å². The van der Waals surface area contributed by atoms with E-state index in [4.69, 9.17) is 5.73 Å². The fraction of sp³-hybridized carbons (Fsp3) is 0.333. The molecule has 0 aliphatic carbocycles. The Hall–Kier alpha value is -4.03. The van der Waals surface area contributed by atoms with E-state index in [0.29, 0.717) is 30.0 Å². The van der Waals surface area contributed by atoms with Crippen LogP contribution in [-0.2, 0) is 6.18 Å². The number of halogens is 3. The standard InChI is InChI=1S/C27H29F3N8O/c1-35(2)9-10-36-11-13-37(14-12-36)26(39)19-5-3-18(4-6-19)23-17-32-24-8-7-22(34-38(23)24)20-15-21(27(28,29)30)25(31)33-16-20/h3-8,15-17H,9-14H2,1-2H3,(H2,31,33). The van der Waals surface area contributed by atoms with Crippen molar-refractivity contribution in [3.8, 4) is 22.5 Å². The number of rotatable bonds is 6. The Labute approximate surface area is 223 Å². The van der Waals surface area contributed by atoms with Crippen LogP contribution < -0.4 is 5.73 Å². The van der Waals surface area contributed by atoms with Gasteiger partial charge in [0.1, 0.15) is 5.82 Å². The number of carbonyl (C=O) groups excluding carboxylic acids is 1. The van der Waals surface area contributed by atoms with Gasteiger partial charge in [-0.2, -0.15) is 18.3 Å². The monoisotopic (exact) mass is 538 g/mol. The summed E-state index contributed by atoms with van der Waals surface area (Å²) in [6.07, 6.45) is -1.73. The molecule has 204 valence electrons. The van der Waals surface area contributed by atoms with Crippen LogP contribution in [0.4, 0.5) is 19.0 Å². The third-order valence-corrected chi connectivity index (χ3v) is 6.83. The quantitative estimate of drug-likeness (QED) is 0.402. The number of piperazine rings is 1. The average molecular weight is 539 g/mol. The molecule has 1 fully saturated rings. The van der Waals surface area contributed by atoms with Crippen molar-refractivity contribution < 1.29 is 18.0 Å². The van der Waals surface area contributed by atoms with E-state index in [1.54, 1.807) is 35.0 Å². The van der Waals surface area contributed by atoms with Gasteiger partial charge in [-0.1, -0.05) is 12.1 Å². The minimum atomic E-state index is -4.63. The summed E-state index contributed by atoms with van der Waals surface area (Å²) >= 11 is 0. The van der Waals surface area contributed by atoms with E-state index >= 15 is 0 Å². The number of nitrogens with two attached hydrogens (primary N) is 1. The highest BCUT2D eigenvalue weighted by Gasteiger charge is 2.34. The SMILES string of the molecule is CN(C)CCN1CCN(C(=O)c2ccc(-c3cnc4ccc(-c5cnc(N)c(C(F)(F)F)c5)nn34)cc2)CC1. The molecule has 2 N–H and O–H groups in total. The van der Waals surface area contributed by atoms with Crippen LogP contribution in [0.3, 0.4) is 0 Å². The van der Waals surface area contributed by atoms with E-state index in [2.05, 4.69) is 39.0 Å². The molecule has 0 radical (unpaired) electrons. The maximum atomic E-state index is 13.3. The molecule has 1 saturated heterocycles. The number of pyridine rings is 1. The van der Waals surface area contributed by atoms with Gasteiger partial charge in [-0.25, -0.2) is 14.5 Å². The molecule has 3 aromatic heterocycles. The average Bonchev–Trinajstić information content (AvgIpc) is 3.35. The molecule has 4 heterocycles. The van der Waals surface area contributed by atoms with E-state index in [1.165, 1.54) is 6.20 Å². The van der Waals surface area contributed by atoms with Crippen molar-refractivity contribution in [2.75, 3.05) is 59.1 Å². The lowest BCUT2D eigenvalue weighted by molar-refractivity contribution is -0.137. The number of nitrogen functional groups attached to an aromatic ring is 1. The van der Waals surface area contributed by atoms with Crippen LogP contribution >= 0.6 is 0 Å². The topological polar surface area (TPSA) is 95.9 Å². The Morgan fingerprint density at radius 3 is 2.36 bits per heavy atom. The van der Waals surface area contributed by atoms with E-state index in [0.717, 1.165) is 37.8 Å². The number of aromatic nitrogens is 4.